The maximum atomic E-state index is 10.0. The third kappa shape index (κ3) is 5.72. The van der Waals surface area contributed by atoms with Gasteiger partial charge in [-0.15, -0.1) is 0 Å². The van der Waals surface area contributed by atoms with Gasteiger partial charge in [-0.25, -0.2) is 0 Å². The first kappa shape index (κ1) is 21.2. The van der Waals surface area contributed by atoms with Crippen LogP contribution >= 0.6 is 0 Å². The van der Waals surface area contributed by atoms with Gasteiger partial charge >= 0.3 is 7.12 Å². The summed E-state index contributed by atoms with van der Waals surface area (Å²) in [5.41, 5.74) is 5.43. The van der Waals surface area contributed by atoms with Crippen LogP contribution in [0.4, 0.5) is 0 Å². The minimum Gasteiger partial charge on any atom is -0.508 e. The van der Waals surface area contributed by atoms with E-state index in [9.17, 15) is 10.1 Å². The molecule has 29 heavy (non-hydrogen) atoms. The van der Waals surface area contributed by atoms with Crippen molar-refractivity contribution < 1.29 is 14.8 Å². The molecule has 0 fully saturated rings. The smallest absolute Gasteiger partial charge is 0.458 e. The summed E-state index contributed by atoms with van der Waals surface area (Å²) in [6, 6.07) is 17.5. The number of hydrogen-bond donors (Lipinski definition) is 2. The Morgan fingerprint density at radius 2 is 1.97 bits per heavy atom. The SMILES string of the molecule is C=C(C1=CCB(O)OC1CC/C(=C/c1cccc(O)c1)c1ccccc1)C(C)C. The second-order valence-electron chi connectivity index (χ2n) is 7.82. The Morgan fingerprint density at radius 1 is 1.21 bits per heavy atom. The van der Waals surface area contributed by atoms with Gasteiger partial charge in [0.25, 0.3) is 0 Å². The van der Waals surface area contributed by atoms with Crippen molar-refractivity contribution >= 4 is 18.8 Å². The van der Waals surface area contributed by atoms with Gasteiger partial charge in [0.1, 0.15) is 5.75 Å². The third-order valence-corrected chi connectivity index (χ3v) is 5.31. The quantitative estimate of drug-likeness (QED) is 0.470. The van der Waals surface area contributed by atoms with Gasteiger partial charge in [0.05, 0.1) is 6.10 Å². The number of phenols is 1. The minimum absolute atomic E-state index is 0.176. The summed E-state index contributed by atoms with van der Waals surface area (Å²) < 4.78 is 5.89. The molecule has 4 heteroatoms. The molecule has 2 aromatic rings. The fraction of sp³-hybridized carbons (Fsp3) is 0.280. The number of rotatable bonds is 7. The molecule has 1 atom stereocenters. The molecule has 0 saturated carbocycles. The van der Waals surface area contributed by atoms with Gasteiger partial charge in [-0.3, -0.25) is 0 Å². The highest BCUT2D eigenvalue weighted by Gasteiger charge is 2.29. The largest absolute Gasteiger partial charge is 0.508 e. The van der Waals surface area contributed by atoms with E-state index < -0.39 is 7.12 Å². The van der Waals surface area contributed by atoms with Crippen LogP contribution in [0.3, 0.4) is 0 Å². The second-order valence-corrected chi connectivity index (χ2v) is 7.82. The van der Waals surface area contributed by atoms with Crippen LogP contribution < -0.4 is 0 Å². The molecule has 0 amide bonds. The summed E-state index contributed by atoms with van der Waals surface area (Å²) in [5.74, 6) is 0.586. The molecular formula is C25H29BO3. The monoisotopic (exact) mass is 388 g/mol. The van der Waals surface area contributed by atoms with E-state index in [1.165, 1.54) is 0 Å². The molecule has 0 spiro atoms. The zero-order valence-electron chi connectivity index (χ0n) is 17.2. The standard InChI is InChI=1S/C25H29BO3/c1-18(2)19(3)24-14-15-26(28)29-25(24)13-12-22(21-9-5-4-6-10-21)16-20-8-7-11-23(27)17-20/h4-11,14,16-18,25,27-28H,3,12-13,15H2,1-2H3/b22-16-. The lowest BCUT2D eigenvalue weighted by Gasteiger charge is -2.30. The normalized spacial score (nSPS) is 17.4. The summed E-state index contributed by atoms with van der Waals surface area (Å²) >= 11 is 0. The van der Waals surface area contributed by atoms with E-state index in [0.29, 0.717) is 12.2 Å². The molecule has 3 nitrogen and oxygen atoms in total. The number of allylic oxidation sites excluding steroid dienone is 2. The average Bonchev–Trinajstić information content (AvgIpc) is 2.71. The van der Waals surface area contributed by atoms with Gasteiger partial charge in [0, 0.05) is 6.32 Å². The van der Waals surface area contributed by atoms with E-state index in [0.717, 1.165) is 40.7 Å². The first-order valence-corrected chi connectivity index (χ1v) is 10.2. The average molecular weight is 388 g/mol. The van der Waals surface area contributed by atoms with Crippen LogP contribution in [0.15, 0.2) is 78.4 Å². The number of hydrogen-bond acceptors (Lipinski definition) is 3. The fourth-order valence-electron chi connectivity index (χ4n) is 3.63. The Labute approximate surface area is 174 Å². The number of phenolic OH excluding ortho intramolecular Hbond substituents is 1. The highest BCUT2D eigenvalue weighted by Crippen LogP contribution is 2.33. The first-order valence-electron chi connectivity index (χ1n) is 10.2. The van der Waals surface area contributed by atoms with Gasteiger partial charge in [-0.1, -0.05) is 75.0 Å². The van der Waals surface area contributed by atoms with Gasteiger partial charge in [0.15, 0.2) is 0 Å². The molecule has 150 valence electrons. The van der Waals surface area contributed by atoms with Crippen LogP contribution in [-0.4, -0.2) is 23.4 Å². The molecule has 1 heterocycles. The van der Waals surface area contributed by atoms with Crippen molar-refractivity contribution in [1.29, 1.82) is 0 Å². The molecule has 0 aromatic heterocycles. The Morgan fingerprint density at radius 3 is 2.66 bits per heavy atom. The second kappa shape index (κ2) is 9.77. The van der Waals surface area contributed by atoms with Crippen molar-refractivity contribution in [3.05, 3.63) is 89.5 Å². The minimum atomic E-state index is -0.765. The Hall–Kier alpha value is -2.56. The predicted octanol–water partition coefficient (Wildman–Crippen LogP) is 5.73. The van der Waals surface area contributed by atoms with Gasteiger partial charge in [0.2, 0.25) is 0 Å². The van der Waals surface area contributed by atoms with Gasteiger partial charge in [-0.2, -0.15) is 0 Å². The van der Waals surface area contributed by atoms with Crippen molar-refractivity contribution in [1.82, 2.24) is 0 Å². The molecule has 2 aromatic carbocycles. The highest BCUT2D eigenvalue weighted by molar-refractivity contribution is 6.43. The fourth-order valence-corrected chi connectivity index (χ4v) is 3.63. The predicted molar refractivity (Wildman–Crippen MR) is 121 cm³/mol. The maximum Gasteiger partial charge on any atom is 0.458 e. The Kier molecular flexibility index (Phi) is 7.13. The Balaban J connectivity index is 1.85. The topological polar surface area (TPSA) is 49.7 Å². The molecule has 3 rings (SSSR count). The Bertz CT molecular complexity index is 899. The summed E-state index contributed by atoms with van der Waals surface area (Å²) in [4.78, 5) is 0. The summed E-state index contributed by atoms with van der Waals surface area (Å²) in [6.45, 7) is 8.50. The van der Waals surface area contributed by atoms with Crippen LogP contribution in [0.5, 0.6) is 5.75 Å². The molecule has 2 N–H and O–H groups in total. The molecule has 0 bridgehead atoms. The number of benzene rings is 2. The van der Waals surface area contributed by atoms with E-state index in [1.54, 1.807) is 12.1 Å². The molecule has 1 aliphatic heterocycles. The number of aromatic hydroxyl groups is 1. The summed E-state index contributed by atoms with van der Waals surface area (Å²) in [6.07, 6.45) is 6.03. The van der Waals surface area contributed by atoms with Gasteiger partial charge in [-0.05, 0) is 58.7 Å². The molecule has 1 unspecified atom stereocenters. The van der Waals surface area contributed by atoms with Crippen LogP contribution in [-0.2, 0) is 4.65 Å². The lowest BCUT2D eigenvalue weighted by molar-refractivity contribution is 0.183. The molecule has 0 saturated heterocycles. The van der Waals surface area contributed by atoms with Crippen molar-refractivity contribution in [2.75, 3.05) is 0 Å². The van der Waals surface area contributed by atoms with E-state index >= 15 is 0 Å². The summed E-state index contributed by atoms with van der Waals surface area (Å²) in [5, 5.41) is 19.8. The lowest BCUT2D eigenvalue weighted by atomic mass is 9.76. The van der Waals surface area contributed by atoms with Crippen LogP contribution in [0, 0.1) is 5.92 Å². The van der Waals surface area contributed by atoms with E-state index in [2.05, 4.69) is 44.7 Å². The maximum absolute atomic E-state index is 10.0. The molecule has 0 radical (unpaired) electrons. The van der Waals surface area contributed by atoms with Crippen molar-refractivity contribution in [3.63, 3.8) is 0 Å². The lowest BCUT2D eigenvalue weighted by Crippen LogP contribution is -2.32. The van der Waals surface area contributed by atoms with E-state index in [-0.39, 0.29) is 11.9 Å². The zero-order valence-corrected chi connectivity index (χ0v) is 17.2. The molecule has 0 aliphatic carbocycles. The van der Waals surface area contributed by atoms with Crippen LogP contribution in [0.2, 0.25) is 6.32 Å². The third-order valence-electron chi connectivity index (χ3n) is 5.31. The van der Waals surface area contributed by atoms with Gasteiger partial charge < -0.3 is 14.8 Å². The molecule has 1 aliphatic rings. The van der Waals surface area contributed by atoms with Crippen molar-refractivity contribution in [3.8, 4) is 5.75 Å². The van der Waals surface area contributed by atoms with E-state index in [1.807, 2.05) is 30.3 Å². The highest BCUT2D eigenvalue weighted by atomic mass is 16.5. The van der Waals surface area contributed by atoms with Crippen molar-refractivity contribution in [2.45, 2.75) is 39.1 Å². The summed E-state index contributed by atoms with van der Waals surface area (Å²) in [7, 11) is -0.765. The van der Waals surface area contributed by atoms with Crippen molar-refractivity contribution in [2.24, 2.45) is 5.92 Å². The molecular weight excluding hydrogens is 359 g/mol. The van der Waals surface area contributed by atoms with Crippen LogP contribution in [0.1, 0.15) is 37.8 Å². The van der Waals surface area contributed by atoms with Crippen LogP contribution in [0.25, 0.3) is 11.6 Å². The first-order chi connectivity index (χ1) is 13.9. The van der Waals surface area contributed by atoms with E-state index in [4.69, 9.17) is 4.65 Å². The zero-order chi connectivity index (χ0) is 20.8.